The summed E-state index contributed by atoms with van der Waals surface area (Å²) in [4.78, 5) is 33.3. The molecule has 0 aliphatic carbocycles. The number of aliphatic carboxylic acids is 1. The Balaban J connectivity index is 2.26. The maximum absolute atomic E-state index is 11.4. The van der Waals surface area contributed by atoms with Crippen molar-refractivity contribution in [2.24, 2.45) is 0 Å². The molecule has 1 heterocycles. The van der Waals surface area contributed by atoms with Gasteiger partial charge in [0.2, 0.25) is 0 Å². The molecule has 8 nitrogen and oxygen atoms in total. The molecule has 1 aromatic rings. The summed E-state index contributed by atoms with van der Waals surface area (Å²) in [7, 11) is 1.41. The monoisotopic (exact) mass is 306 g/mol. The normalized spacial score (nSPS) is 16.9. The number of carbonyl (C=O) groups excluding carboxylic acids is 2. The standard InChI is InChI=1S/C14H14N2O6/c1-7(13(18)19)22-10-4-3-8(6-11(10)21-2)5-9-12(17)16-14(20)15-9/h3-7H,1-2H3,(H,18,19)(H2,15,16,17,20)/b9-5+/t7-/m1/s1. The molecular weight excluding hydrogens is 292 g/mol. The van der Waals surface area contributed by atoms with Crippen molar-refractivity contribution in [2.75, 3.05) is 7.11 Å². The van der Waals surface area contributed by atoms with Crippen molar-refractivity contribution >= 4 is 24.0 Å². The zero-order valence-corrected chi connectivity index (χ0v) is 11.9. The highest BCUT2D eigenvalue weighted by Crippen LogP contribution is 2.29. The van der Waals surface area contributed by atoms with Gasteiger partial charge in [-0.3, -0.25) is 10.1 Å². The fourth-order valence-corrected chi connectivity index (χ4v) is 1.76. The molecule has 0 saturated carbocycles. The summed E-state index contributed by atoms with van der Waals surface area (Å²) >= 11 is 0. The first-order valence-corrected chi connectivity index (χ1v) is 6.32. The van der Waals surface area contributed by atoms with E-state index in [1.54, 1.807) is 12.1 Å². The Hall–Kier alpha value is -3.03. The minimum atomic E-state index is -1.10. The quantitative estimate of drug-likeness (QED) is 0.546. The van der Waals surface area contributed by atoms with Gasteiger partial charge in [-0.1, -0.05) is 6.07 Å². The molecule has 2 rings (SSSR count). The highest BCUT2D eigenvalue weighted by Gasteiger charge is 2.23. The first-order chi connectivity index (χ1) is 10.4. The zero-order valence-electron chi connectivity index (χ0n) is 11.9. The van der Waals surface area contributed by atoms with Gasteiger partial charge in [0.25, 0.3) is 5.91 Å². The number of carboxylic acids is 1. The number of methoxy groups -OCH3 is 1. The lowest BCUT2D eigenvalue weighted by Crippen LogP contribution is -2.23. The second-order valence-electron chi connectivity index (χ2n) is 4.47. The van der Waals surface area contributed by atoms with Gasteiger partial charge in [0.15, 0.2) is 17.6 Å². The summed E-state index contributed by atoms with van der Waals surface area (Å²) in [5.41, 5.74) is 0.694. The molecule has 3 amide bonds. The van der Waals surface area contributed by atoms with Gasteiger partial charge in [-0.2, -0.15) is 0 Å². The lowest BCUT2D eigenvalue weighted by atomic mass is 10.1. The summed E-state index contributed by atoms with van der Waals surface area (Å²) < 4.78 is 10.4. The number of nitrogens with one attached hydrogen (secondary N) is 2. The van der Waals surface area contributed by atoms with Gasteiger partial charge in [-0.25, -0.2) is 9.59 Å². The minimum Gasteiger partial charge on any atom is -0.493 e. The first kappa shape index (κ1) is 15.4. The van der Waals surface area contributed by atoms with Crippen molar-refractivity contribution in [3.63, 3.8) is 0 Å². The van der Waals surface area contributed by atoms with Gasteiger partial charge in [-0.15, -0.1) is 0 Å². The molecule has 0 unspecified atom stereocenters. The first-order valence-electron chi connectivity index (χ1n) is 6.32. The van der Waals surface area contributed by atoms with Crippen LogP contribution in [0.25, 0.3) is 6.08 Å². The third-order valence-electron chi connectivity index (χ3n) is 2.87. The molecular formula is C14H14N2O6. The van der Waals surface area contributed by atoms with E-state index in [0.29, 0.717) is 11.3 Å². The molecule has 1 aliphatic heterocycles. The van der Waals surface area contributed by atoms with Gasteiger partial charge in [0.1, 0.15) is 5.70 Å². The number of benzene rings is 1. The Morgan fingerprint density at radius 2 is 2.00 bits per heavy atom. The summed E-state index contributed by atoms with van der Waals surface area (Å²) in [5, 5.41) is 13.3. The molecule has 0 aromatic heterocycles. The van der Waals surface area contributed by atoms with Crippen LogP contribution < -0.4 is 20.1 Å². The van der Waals surface area contributed by atoms with Crippen LogP contribution in [0.4, 0.5) is 4.79 Å². The van der Waals surface area contributed by atoms with Crippen LogP contribution in [-0.2, 0) is 9.59 Å². The summed E-state index contributed by atoms with van der Waals surface area (Å²) in [6.07, 6.45) is 0.436. The zero-order chi connectivity index (χ0) is 16.3. The van der Waals surface area contributed by atoms with Crippen LogP contribution in [0.2, 0.25) is 0 Å². The number of imide groups is 1. The fraction of sp³-hybridized carbons (Fsp3) is 0.214. The van der Waals surface area contributed by atoms with Gasteiger partial charge in [0, 0.05) is 0 Å². The van der Waals surface area contributed by atoms with Crippen molar-refractivity contribution in [1.82, 2.24) is 10.6 Å². The Bertz CT molecular complexity index is 667. The van der Waals surface area contributed by atoms with Crippen molar-refractivity contribution < 1.29 is 29.0 Å². The second kappa shape index (κ2) is 6.17. The van der Waals surface area contributed by atoms with E-state index in [2.05, 4.69) is 10.6 Å². The van der Waals surface area contributed by atoms with Crippen LogP contribution in [-0.4, -0.2) is 36.2 Å². The van der Waals surface area contributed by atoms with E-state index >= 15 is 0 Å². The molecule has 8 heteroatoms. The molecule has 22 heavy (non-hydrogen) atoms. The van der Waals surface area contributed by atoms with Crippen LogP contribution in [0.15, 0.2) is 23.9 Å². The van der Waals surface area contributed by atoms with Gasteiger partial charge >= 0.3 is 12.0 Å². The number of amides is 3. The predicted octanol–water partition coefficient (Wildman–Crippen LogP) is 0.727. The number of carboxylic acid groups (broad SMARTS) is 1. The van der Waals surface area contributed by atoms with Crippen molar-refractivity contribution in [2.45, 2.75) is 13.0 Å². The molecule has 1 fully saturated rings. The molecule has 116 valence electrons. The topological polar surface area (TPSA) is 114 Å². The number of rotatable bonds is 5. The van der Waals surface area contributed by atoms with E-state index in [0.717, 1.165) is 0 Å². The third kappa shape index (κ3) is 3.35. The second-order valence-corrected chi connectivity index (χ2v) is 4.47. The summed E-state index contributed by atoms with van der Waals surface area (Å²) in [5.74, 6) is -1.05. The number of hydrogen-bond acceptors (Lipinski definition) is 5. The summed E-state index contributed by atoms with van der Waals surface area (Å²) in [6, 6.07) is 4.11. The van der Waals surface area contributed by atoms with Gasteiger partial charge in [-0.05, 0) is 30.7 Å². The largest absolute Gasteiger partial charge is 0.493 e. The van der Waals surface area contributed by atoms with Gasteiger partial charge < -0.3 is 19.9 Å². The molecule has 1 saturated heterocycles. The van der Waals surface area contributed by atoms with Crippen LogP contribution >= 0.6 is 0 Å². The average molecular weight is 306 g/mol. The van der Waals surface area contributed by atoms with Crippen molar-refractivity contribution in [3.8, 4) is 11.5 Å². The molecule has 0 radical (unpaired) electrons. The van der Waals surface area contributed by atoms with E-state index in [-0.39, 0.29) is 11.4 Å². The number of ether oxygens (including phenoxy) is 2. The fourth-order valence-electron chi connectivity index (χ4n) is 1.76. The maximum Gasteiger partial charge on any atom is 0.344 e. The Labute approximate surface area is 125 Å². The van der Waals surface area contributed by atoms with Crippen LogP contribution in [0.5, 0.6) is 11.5 Å². The molecule has 1 aromatic carbocycles. The molecule has 1 atom stereocenters. The number of carbonyl (C=O) groups is 3. The van der Waals surface area contributed by atoms with Crippen LogP contribution in [0.3, 0.4) is 0 Å². The Morgan fingerprint density at radius 1 is 1.27 bits per heavy atom. The SMILES string of the molecule is COc1cc(/C=C2/NC(=O)NC2=O)ccc1O[C@H](C)C(=O)O. The molecule has 3 N–H and O–H groups in total. The van der Waals surface area contributed by atoms with Crippen LogP contribution in [0, 0.1) is 0 Å². The van der Waals surface area contributed by atoms with E-state index < -0.39 is 24.0 Å². The minimum absolute atomic E-state index is 0.111. The predicted molar refractivity (Wildman–Crippen MR) is 75.4 cm³/mol. The Morgan fingerprint density at radius 3 is 2.55 bits per heavy atom. The van der Waals surface area contributed by atoms with E-state index in [9.17, 15) is 14.4 Å². The third-order valence-corrected chi connectivity index (χ3v) is 2.87. The van der Waals surface area contributed by atoms with E-state index in [1.165, 1.54) is 26.2 Å². The molecule has 1 aliphatic rings. The number of hydrogen-bond donors (Lipinski definition) is 3. The van der Waals surface area contributed by atoms with Crippen LogP contribution in [0.1, 0.15) is 12.5 Å². The van der Waals surface area contributed by atoms with Crippen molar-refractivity contribution in [3.05, 3.63) is 29.5 Å². The highest BCUT2D eigenvalue weighted by atomic mass is 16.5. The van der Waals surface area contributed by atoms with Crippen molar-refractivity contribution in [1.29, 1.82) is 0 Å². The number of urea groups is 1. The molecule has 0 spiro atoms. The maximum atomic E-state index is 11.4. The lowest BCUT2D eigenvalue weighted by Gasteiger charge is -2.14. The van der Waals surface area contributed by atoms with E-state index in [1.807, 2.05) is 0 Å². The summed E-state index contributed by atoms with van der Waals surface area (Å²) in [6.45, 7) is 1.40. The molecule has 0 bridgehead atoms. The smallest absolute Gasteiger partial charge is 0.344 e. The van der Waals surface area contributed by atoms with E-state index in [4.69, 9.17) is 14.6 Å². The average Bonchev–Trinajstić information content (AvgIpc) is 2.78. The Kier molecular flexibility index (Phi) is 4.31. The van der Waals surface area contributed by atoms with Gasteiger partial charge in [0.05, 0.1) is 7.11 Å². The lowest BCUT2D eigenvalue weighted by molar-refractivity contribution is -0.144. The highest BCUT2D eigenvalue weighted by molar-refractivity contribution is 6.14.